The van der Waals surface area contributed by atoms with Crippen molar-refractivity contribution < 1.29 is 9.90 Å². The molecule has 1 aliphatic carbocycles. The fourth-order valence-electron chi connectivity index (χ4n) is 3.50. The lowest BCUT2D eigenvalue weighted by Crippen LogP contribution is -2.29. The first-order valence-corrected chi connectivity index (χ1v) is 6.28. The van der Waals surface area contributed by atoms with Crippen molar-refractivity contribution in [3.63, 3.8) is 0 Å². The number of carbonyl (C=O) groups is 1. The normalized spacial score (nSPS) is 22.5. The molecular formula is C14H18ClNO2. The molecule has 0 radical (unpaired) electrons. The highest BCUT2D eigenvalue weighted by atomic mass is 35.5. The Labute approximate surface area is 112 Å². The molecule has 0 aliphatic heterocycles. The minimum absolute atomic E-state index is 0.370. The Morgan fingerprint density at radius 1 is 1.22 bits per heavy atom. The SMILES string of the molecule is CC1(C)C(C)(C)C1(C(=O)O)c1cccc(Cl)c1N. The number of benzene rings is 1. The van der Waals surface area contributed by atoms with Crippen LogP contribution in [-0.2, 0) is 10.2 Å². The van der Waals surface area contributed by atoms with Gasteiger partial charge in [-0.25, -0.2) is 0 Å². The Morgan fingerprint density at radius 3 is 2.11 bits per heavy atom. The van der Waals surface area contributed by atoms with Gasteiger partial charge < -0.3 is 10.8 Å². The Hall–Kier alpha value is -1.22. The van der Waals surface area contributed by atoms with E-state index in [1.165, 1.54) is 0 Å². The molecule has 98 valence electrons. The molecule has 1 saturated carbocycles. The average molecular weight is 268 g/mol. The van der Waals surface area contributed by atoms with Crippen molar-refractivity contribution >= 4 is 23.3 Å². The Kier molecular flexibility index (Phi) is 2.51. The van der Waals surface area contributed by atoms with Crippen LogP contribution in [0.4, 0.5) is 5.69 Å². The van der Waals surface area contributed by atoms with Gasteiger partial charge in [-0.15, -0.1) is 0 Å². The number of carboxylic acids is 1. The molecule has 0 unspecified atom stereocenters. The smallest absolute Gasteiger partial charge is 0.315 e. The Balaban J connectivity index is 2.75. The van der Waals surface area contributed by atoms with Gasteiger partial charge in [-0.3, -0.25) is 4.79 Å². The van der Waals surface area contributed by atoms with Crippen LogP contribution in [0.1, 0.15) is 33.3 Å². The van der Waals surface area contributed by atoms with Crippen LogP contribution in [0.3, 0.4) is 0 Å². The summed E-state index contributed by atoms with van der Waals surface area (Å²) < 4.78 is 0. The van der Waals surface area contributed by atoms with E-state index < -0.39 is 11.4 Å². The van der Waals surface area contributed by atoms with Crippen LogP contribution in [0.2, 0.25) is 5.02 Å². The Bertz CT molecular complexity index is 521. The van der Waals surface area contributed by atoms with E-state index in [0.717, 1.165) is 0 Å². The fraction of sp³-hybridized carbons (Fsp3) is 0.500. The van der Waals surface area contributed by atoms with Crippen LogP contribution in [-0.4, -0.2) is 11.1 Å². The third-order valence-electron chi connectivity index (χ3n) is 5.15. The van der Waals surface area contributed by atoms with Crippen molar-refractivity contribution in [1.82, 2.24) is 0 Å². The second kappa shape index (κ2) is 3.41. The predicted octanol–water partition coefficient (Wildman–Crippen LogP) is 3.31. The van der Waals surface area contributed by atoms with E-state index in [0.29, 0.717) is 16.3 Å². The van der Waals surface area contributed by atoms with Gasteiger partial charge in [-0.05, 0) is 22.5 Å². The minimum atomic E-state index is -0.977. The van der Waals surface area contributed by atoms with E-state index in [1.807, 2.05) is 27.7 Å². The molecule has 3 N–H and O–H groups in total. The first kappa shape index (κ1) is 13.2. The third-order valence-corrected chi connectivity index (χ3v) is 5.48. The lowest BCUT2D eigenvalue weighted by Gasteiger charge is -2.20. The quantitative estimate of drug-likeness (QED) is 0.808. The average Bonchev–Trinajstić information content (AvgIpc) is 2.59. The maximum Gasteiger partial charge on any atom is 0.315 e. The maximum absolute atomic E-state index is 11.9. The molecule has 0 saturated heterocycles. The van der Waals surface area contributed by atoms with Gasteiger partial charge >= 0.3 is 5.97 Å². The predicted molar refractivity (Wildman–Crippen MR) is 72.7 cm³/mol. The summed E-state index contributed by atoms with van der Waals surface area (Å²) in [5.41, 5.74) is 5.27. The third kappa shape index (κ3) is 1.13. The largest absolute Gasteiger partial charge is 0.481 e. The lowest BCUT2D eigenvalue weighted by molar-refractivity contribution is -0.141. The van der Waals surface area contributed by atoms with E-state index in [4.69, 9.17) is 17.3 Å². The molecule has 3 nitrogen and oxygen atoms in total. The standard InChI is InChI=1S/C14H18ClNO2/c1-12(2)13(3,4)14(12,11(17)18)8-6-5-7-9(15)10(8)16/h5-7H,16H2,1-4H3,(H,17,18). The number of aliphatic carboxylic acids is 1. The van der Waals surface area contributed by atoms with Gasteiger partial charge in [0, 0.05) is 0 Å². The molecule has 1 fully saturated rings. The molecule has 0 spiro atoms. The summed E-state index contributed by atoms with van der Waals surface area (Å²) in [6.07, 6.45) is 0. The number of nitrogen functional groups attached to an aromatic ring is 1. The van der Waals surface area contributed by atoms with Gasteiger partial charge in [0.1, 0.15) is 5.41 Å². The zero-order valence-corrected chi connectivity index (χ0v) is 11.8. The van der Waals surface area contributed by atoms with E-state index in [-0.39, 0.29) is 10.8 Å². The molecule has 0 aromatic heterocycles. The number of hydrogen-bond donors (Lipinski definition) is 2. The second-order valence-corrected chi connectivity index (χ2v) is 6.41. The molecule has 18 heavy (non-hydrogen) atoms. The Morgan fingerprint density at radius 2 is 1.72 bits per heavy atom. The molecule has 0 amide bonds. The molecule has 0 bridgehead atoms. The van der Waals surface area contributed by atoms with Crippen LogP contribution in [0.25, 0.3) is 0 Å². The van der Waals surface area contributed by atoms with E-state index in [1.54, 1.807) is 18.2 Å². The number of anilines is 1. The molecule has 1 aromatic carbocycles. The summed E-state index contributed by atoms with van der Waals surface area (Å²) in [5.74, 6) is -0.841. The van der Waals surface area contributed by atoms with Crippen molar-refractivity contribution in [2.45, 2.75) is 33.1 Å². The zero-order valence-electron chi connectivity index (χ0n) is 11.0. The highest BCUT2D eigenvalue weighted by molar-refractivity contribution is 6.33. The van der Waals surface area contributed by atoms with Crippen LogP contribution >= 0.6 is 11.6 Å². The summed E-state index contributed by atoms with van der Waals surface area (Å²) in [4.78, 5) is 11.9. The molecule has 2 rings (SSSR count). The van der Waals surface area contributed by atoms with Crippen molar-refractivity contribution in [2.75, 3.05) is 5.73 Å². The monoisotopic (exact) mass is 267 g/mol. The van der Waals surface area contributed by atoms with E-state index >= 15 is 0 Å². The van der Waals surface area contributed by atoms with Crippen molar-refractivity contribution in [2.24, 2.45) is 10.8 Å². The second-order valence-electron chi connectivity index (χ2n) is 6.01. The summed E-state index contributed by atoms with van der Waals surface area (Å²) in [7, 11) is 0. The molecular weight excluding hydrogens is 250 g/mol. The topological polar surface area (TPSA) is 63.3 Å². The maximum atomic E-state index is 11.9. The number of para-hydroxylation sites is 1. The van der Waals surface area contributed by atoms with E-state index in [2.05, 4.69) is 0 Å². The first-order valence-electron chi connectivity index (χ1n) is 5.90. The minimum Gasteiger partial charge on any atom is -0.481 e. The van der Waals surface area contributed by atoms with Gasteiger partial charge in [0.2, 0.25) is 0 Å². The highest BCUT2D eigenvalue weighted by Crippen LogP contribution is 2.78. The van der Waals surface area contributed by atoms with E-state index in [9.17, 15) is 9.90 Å². The van der Waals surface area contributed by atoms with Crippen LogP contribution in [0, 0.1) is 10.8 Å². The van der Waals surface area contributed by atoms with Crippen LogP contribution in [0.15, 0.2) is 18.2 Å². The van der Waals surface area contributed by atoms with Gasteiger partial charge in [0.25, 0.3) is 0 Å². The van der Waals surface area contributed by atoms with Crippen molar-refractivity contribution in [3.8, 4) is 0 Å². The first-order chi connectivity index (χ1) is 8.12. The summed E-state index contributed by atoms with van der Waals surface area (Å²) in [6, 6.07) is 5.20. The summed E-state index contributed by atoms with van der Waals surface area (Å²) >= 11 is 6.02. The van der Waals surface area contributed by atoms with Gasteiger partial charge in [0.05, 0.1) is 10.7 Å². The molecule has 1 aromatic rings. The number of nitrogens with two attached hydrogens (primary N) is 1. The fourth-order valence-corrected chi connectivity index (χ4v) is 3.67. The molecule has 4 heteroatoms. The molecule has 0 heterocycles. The molecule has 0 atom stereocenters. The molecule has 1 aliphatic rings. The van der Waals surface area contributed by atoms with Crippen molar-refractivity contribution in [1.29, 1.82) is 0 Å². The van der Waals surface area contributed by atoms with Gasteiger partial charge in [-0.2, -0.15) is 0 Å². The van der Waals surface area contributed by atoms with Crippen LogP contribution < -0.4 is 5.73 Å². The summed E-state index contributed by atoms with van der Waals surface area (Å²) in [6.45, 7) is 7.84. The van der Waals surface area contributed by atoms with Gasteiger partial charge in [0.15, 0.2) is 0 Å². The number of hydrogen-bond acceptors (Lipinski definition) is 2. The zero-order chi connectivity index (χ0) is 13.9. The van der Waals surface area contributed by atoms with Crippen molar-refractivity contribution in [3.05, 3.63) is 28.8 Å². The number of rotatable bonds is 2. The van der Waals surface area contributed by atoms with Gasteiger partial charge in [-0.1, -0.05) is 51.4 Å². The number of carboxylic acid groups (broad SMARTS) is 1. The number of halogens is 1. The summed E-state index contributed by atoms with van der Waals surface area (Å²) in [5, 5.41) is 10.2. The highest BCUT2D eigenvalue weighted by Gasteiger charge is 2.82. The van der Waals surface area contributed by atoms with Crippen LogP contribution in [0.5, 0.6) is 0 Å². The lowest BCUT2D eigenvalue weighted by atomic mass is 9.85.